The molecule has 0 saturated carbocycles. The number of carbonyl (C=O) groups is 1. The topological polar surface area (TPSA) is 58.1 Å². The molecule has 2 radical (unpaired) electrons. The third-order valence-corrected chi connectivity index (χ3v) is 5.78. The number of benzene rings is 2. The molecule has 0 unspecified atom stereocenters. The average molecular weight is 438 g/mol. The van der Waals surface area contributed by atoms with Gasteiger partial charge in [-0.1, -0.05) is 0 Å². The molecule has 0 atom stereocenters. The molecule has 1 N–H and O–H groups in total. The number of hydrogen-bond donors (Lipinski definition) is 1. The first-order valence-electron chi connectivity index (χ1n) is 9.36. The van der Waals surface area contributed by atoms with Gasteiger partial charge in [-0.25, -0.2) is 0 Å². The van der Waals surface area contributed by atoms with E-state index in [9.17, 15) is 9.18 Å². The van der Waals surface area contributed by atoms with Crippen molar-refractivity contribution < 1.29 is 9.18 Å². The van der Waals surface area contributed by atoms with Crippen LogP contribution in [0.2, 0.25) is 0 Å². The maximum absolute atomic E-state index is 13.7. The standard InChI is InChI=1S/C21H20AsFN4O/c22-20-17-11-15(14-4-3-5-16(23)10-14)12-18(19(17)25-13-26-20)21(28)24-6-9-27-7-1-2-8-27/h3-5,10-13H,1-2,6-9H2,(H,24,28). The Morgan fingerprint density at radius 1 is 1.14 bits per heavy atom. The van der Waals surface area contributed by atoms with Crippen molar-refractivity contribution in [2.45, 2.75) is 12.8 Å². The number of amides is 1. The number of nitrogens with zero attached hydrogens (tertiary/aromatic N) is 3. The van der Waals surface area contributed by atoms with Crippen LogP contribution in [0.5, 0.6) is 0 Å². The molecule has 0 spiro atoms. The van der Waals surface area contributed by atoms with Gasteiger partial charge in [-0.05, 0) is 0 Å². The third kappa shape index (κ3) is 4.08. The number of likely N-dealkylation sites (tertiary alicyclic amines) is 1. The first-order valence-corrected chi connectivity index (χ1v) is 10.3. The average Bonchev–Trinajstić information content (AvgIpc) is 3.21. The molecule has 3 aromatic rings. The van der Waals surface area contributed by atoms with Gasteiger partial charge >= 0.3 is 172 Å². The number of rotatable bonds is 5. The normalized spacial score (nSPS) is 14.5. The van der Waals surface area contributed by atoms with Crippen LogP contribution >= 0.6 is 0 Å². The molecule has 1 amide bonds. The van der Waals surface area contributed by atoms with Crippen molar-refractivity contribution in [3.05, 3.63) is 54.1 Å². The molecule has 28 heavy (non-hydrogen) atoms. The molecule has 1 aromatic heterocycles. The van der Waals surface area contributed by atoms with E-state index in [1.54, 1.807) is 12.1 Å². The number of halogens is 1. The third-order valence-electron chi connectivity index (χ3n) is 5.03. The van der Waals surface area contributed by atoms with Gasteiger partial charge in [-0.15, -0.1) is 0 Å². The number of nitrogens with one attached hydrogen (secondary N) is 1. The van der Waals surface area contributed by atoms with Gasteiger partial charge < -0.3 is 0 Å². The van der Waals surface area contributed by atoms with Crippen LogP contribution in [0.15, 0.2) is 42.7 Å². The van der Waals surface area contributed by atoms with Crippen LogP contribution in [0.3, 0.4) is 0 Å². The van der Waals surface area contributed by atoms with E-state index in [2.05, 4.69) is 37.0 Å². The Labute approximate surface area is 171 Å². The van der Waals surface area contributed by atoms with E-state index in [0.717, 1.165) is 35.1 Å². The molecule has 5 nitrogen and oxygen atoms in total. The van der Waals surface area contributed by atoms with Gasteiger partial charge in [0.25, 0.3) is 0 Å². The van der Waals surface area contributed by atoms with Crippen LogP contribution in [-0.2, 0) is 0 Å². The predicted octanol–water partition coefficient (Wildman–Crippen LogP) is 2.06. The summed E-state index contributed by atoms with van der Waals surface area (Å²) in [5.41, 5.74) is 2.56. The zero-order chi connectivity index (χ0) is 19.5. The van der Waals surface area contributed by atoms with Crippen LogP contribution in [-0.4, -0.2) is 63.8 Å². The van der Waals surface area contributed by atoms with Gasteiger partial charge in [0, 0.05) is 0 Å². The summed E-state index contributed by atoms with van der Waals surface area (Å²) in [7, 11) is 0. The quantitative estimate of drug-likeness (QED) is 0.620. The molecule has 2 aromatic carbocycles. The van der Waals surface area contributed by atoms with Crippen molar-refractivity contribution in [2.24, 2.45) is 0 Å². The van der Waals surface area contributed by atoms with Crippen LogP contribution in [0.25, 0.3) is 22.0 Å². The Hall–Kier alpha value is -2.30. The molecule has 1 saturated heterocycles. The van der Waals surface area contributed by atoms with Crippen molar-refractivity contribution >= 4 is 38.1 Å². The summed E-state index contributed by atoms with van der Waals surface area (Å²) in [6.07, 6.45) is 3.91. The molecule has 1 aliphatic heterocycles. The molecular formula is C21H20AsFN4O. The molecule has 1 fully saturated rings. The predicted molar refractivity (Wildman–Crippen MR) is 108 cm³/mol. The first-order chi connectivity index (χ1) is 13.6. The van der Waals surface area contributed by atoms with Crippen molar-refractivity contribution in [3.63, 3.8) is 0 Å². The second-order valence-corrected chi connectivity index (χ2v) is 7.82. The Balaban J connectivity index is 1.67. The Morgan fingerprint density at radius 3 is 2.75 bits per heavy atom. The van der Waals surface area contributed by atoms with Gasteiger partial charge in [0.15, 0.2) is 0 Å². The minimum atomic E-state index is -0.314. The van der Waals surface area contributed by atoms with Crippen molar-refractivity contribution in [2.75, 3.05) is 26.2 Å². The van der Waals surface area contributed by atoms with E-state index in [4.69, 9.17) is 0 Å². The van der Waals surface area contributed by atoms with E-state index >= 15 is 0 Å². The molecule has 7 heteroatoms. The van der Waals surface area contributed by atoms with E-state index in [0.29, 0.717) is 23.2 Å². The van der Waals surface area contributed by atoms with Crippen molar-refractivity contribution in [1.82, 2.24) is 20.2 Å². The summed E-state index contributed by atoms with van der Waals surface area (Å²) in [5.74, 6) is -0.487. The van der Waals surface area contributed by atoms with E-state index in [1.165, 1.54) is 31.3 Å². The maximum atomic E-state index is 13.7. The molecule has 2 heterocycles. The number of fused-ring (bicyclic) bond motifs is 1. The zero-order valence-electron chi connectivity index (χ0n) is 15.4. The number of hydrogen-bond acceptors (Lipinski definition) is 4. The molecule has 0 aliphatic carbocycles. The Kier molecular flexibility index (Phi) is 5.69. The van der Waals surface area contributed by atoms with Crippen LogP contribution in [0.4, 0.5) is 4.39 Å². The molecule has 142 valence electrons. The second kappa shape index (κ2) is 8.37. The Morgan fingerprint density at radius 2 is 1.96 bits per heavy atom. The second-order valence-electron chi connectivity index (χ2n) is 6.93. The van der Waals surface area contributed by atoms with E-state index < -0.39 is 0 Å². The van der Waals surface area contributed by atoms with Crippen LogP contribution < -0.4 is 9.80 Å². The molecule has 1 aliphatic rings. The van der Waals surface area contributed by atoms with Crippen LogP contribution in [0.1, 0.15) is 23.2 Å². The summed E-state index contributed by atoms with van der Waals surface area (Å²) < 4.78 is 14.4. The molecule has 4 rings (SSSR count). The fourth-order valence-electron chi connectivity index (χ4n) is 3.59. The summed E-state index contributed by atoms with van der Waals surface area (Å²) in [6.45, 7) is 3.62. The van der Waals surface area contributed by atoms with Gasteiger partial charge in [-0.3, -0.25) is 0 Å². The molecule has 0 bridgehead atoms. The van der Waals surface area contributed by atoms with E-state index in [-0.39, 0.29) is 11.7 Å². The Bertz CT molecular complexity index is 1020. The van der Waals surface area contributed by atoms with Crippen molar-refractivity contribution in [3.8, 4) is 11.1 Å². The summed E-state index contributed by atoms with van der Waals surface area (Å²) in [4.78, 5) is 23.8. The van der Waals surface area contributed by atoms with Crippen LogP contribution in [0, 0.1) is 5.82 Å². The van der Waals surface area contributed by atoms with Crippen molar-refractivity contribution in [1.29, 1.82) is 0 Å². The van der Waals surface area contributed by atoms with Gasteiger partial charge in [0.1, 0.15) is 0 Å². The fourth-order valence-corrected chi connectivity index (χ4v) is 4.06. The fraction of sp³-hybridized carbons (Fsp3) is 0.286. The summed E-state index contributed by atoms with van der Waals surface area (Å²) in [6, 6.07) is 10.0. The number of carbonyl (C=O) groups excluding carboxylic acids is 1. The van der Waals surface area contributed by atoms with Gasteiger partial charge in [0.2, 0.25) is 0 Å². The number of aromatic nitrogens is 2. The molecular weight excluding hydrogens is 418 g/mol. The summed E-state index contributed by atoms with van der Waals surface area (Å²) in [5, 5.41) is 3.78. The minimum absolute atomic E-state index is 0.173. The SMILES string of the molecule is O=C(NCCN1CCCC1)c1cc(-c2cccc(F)c2)cc2c([As])ncnc12. The summed E-state index contributed by atoms with van der Waals surface area (Å²) >= 11 is 2.40. The first kappa shape index (κ1) is 19.0. The van der Waals surface area contributed by atoms with Gasteiger partial charge in [-0.2, -0.15) is 0 Å². The van der Waals surface area contributed by atoms with Gasteiger partial charge in [0.05, 0.1) is 0 Å². The monoisotopic (exact) mass is 438 g/mol. The zero-order valence-corrected chi connectivity index (χ0v) is 17.2. The van der Waals surface area contributed by atoms with E-state index in [1.807, 2.05) is 12.1 Å².